The van der Waals surface area contributed by atoms with E-state index in [-0.39, 0.29) is 0 Å². The van der Waals surface area contributed by atoms with Crippen LogP contribution in [0.15, 0.2) is 352 Å². The Hall–Kier alpha value is -12.7. The maximum atomic E-state index is 16.1. The van der Waals surface area contributed by atoms with Crippen LogP contribution in [0.1, 0.15) is 0 Å². The second-order valence-electron chi connectivity index (χ2n) is 26.2. The van der Waals surface area contributed by atoms with E-state index in [1.165, 1.54) is 0 Å². The normalized spacial score (nSPS) is 12.2. The minimum Gasteiger partial charge on any atom is -0.309 e. The molecule has 0 unspecified atom stereocenters. The van der Waals surface area contributed by atoms with Gasteiger partial charge in [-0.3, -0.25) is 8.80 Å². The van der Waals surface area contributed by atoms with Crippen molar-refractivity contribution >= 4 is 177 Å². The summed E-state index contributed by atoms with van der Waals surface area (Å²) in [6.45, 7) is 0. The molecule has 0 N–H and O–H groups in total. The third kappa shape index (κ3) is 9.10. The average Bonchev–Trinajstić information content (AvgIpc) is 1.12. The van der Waals surface area contributed by atoms with Crippen LogP contribution in [-0.2, 0) is 9.13 Å². The van der Waals surface area contributed by atoms with Crippen molar-refractivity contribution in [2.45, 2.75) is 0 Å². The van der Waals surface area contributed by atoms with Gasteiger partial charge in [0.1, 0.15) is 11.3 Å². The highest BCUT2D eigenvalue weighted by molar-refractivity contribution is 7.86. The molecule has 21 aromatic rings. The Morgan fingerprint density at radius 3 is 1.10 bits per heavy atom. The number of hydrogen-bond acceptors (Lipinski definition) is 6. The van der Waals surface area contributed by atoms with E-state index in [0.717, 1.165) is 185 Å². The molecule has 10 heteroatoms. The Morgan fingerprint density at radius 2 is 0.618 bits per heavy atom. The molecule has 15 aromatic carbocycles. The van der Waals surface area contributed by atoms with Gasteiger partial charge in [-0.05, 0) is 121 Å². The van der Waals surface area contributed by atoms with Crippen LogP contribution in [0.4, 0.5) is 0 Å². The van der Waals surface area contributed by atoms with E-state index >= 15 is 9.13 Å². The Kier molecular flexibility index (Phi) is 13.7. The fraction of sp³-hybridized carbons (Fsp3) is 0. The van der Waals surface area contributed by atoms with Crippen molar-refractivity contribution in [3.05, 3.63) is 352 Å². The lowest BCUT2D eigenvalue weighted by atomic mass is 9.91. The summed E-state index contributed by atoms with van der Waals surface area (Å²) in [7, 11) is -6.53. The predicted octanol–water partition coefficient (Wildman–Crippen LogP) is 20.8. The molecule has 0 aliphatic carbocycles. The van der Waals surface area contributed by atoms with Crippen molar-refractivity contribution in [3.8, 4) is 22.3 Å². The molecule has 0 radical (unpaired) electrons. The third-order valence-electron chi connectivity index (χ3n) is 20.6. The zero-order valence-electron chi connectivity index (χ0n) is 54.9. The van der Waals surface area contributed by atoms with Gasteiger partial charge in [0, 0.05) is 64.1 Å². The maximum absolute atomic E-state index is 16.1. The van der Waals surface area contributed by atoms with Gasteiger partial charge in [-0.25, -0.2) is 19.9 Å². The SMILES string of the molecule is O=P(c1ccccc1)(c1ccccc1)c1c2ccccc2c(-c2ccc3c4nc5ccccc5cc4c4nc5ccccc5n4c3c2)c2ccccc12.O=P(c1ccccc1)(c1ccccc1)c1ccc(-c2ccc3c4nc5ccccc5cc4c4nc5ccccc5n4c3c2)c2ccccc12. The van der Waals surface area contributed by atoms with Gasteiger partial charge in [-0.2, -0.15) is 0 Å². The number of benzene rings is 15. The maximum Gasteiger partial charge on any atom is 0.172 e. The minimum atomic E-state index is -3.34. The predicted molar refractivity (Wildman–Crippen MR) is 428 cm³/mol. The highest BCUT2D eigenvalue weighted by Gasteiger charge is 2.35. The van der Waals surface area contributed by atoms with Crippen LogP contribution in [-0.4, -0.2) is 28.7 Å². The summed E-state index contributed by atoms with van der Waals surface area (Å²) in [5, 5.41) is 17.5. The van der Waals surface area contributed by atoms with Crippen LogP contribution in [0.3, 0.4) is 0 Å². The lowest BCUT2D eigenvalue weighted by Crippen LogP contribution is -2.26. The van der Waals surface area contributed by atoms with Gasteiger partial charge in [0.25, 0.3) is 0 Å². The summed E-state index contributed by atoms with van der Waals surface area (Å²) in [6.07, 6.45) is 0. The number of rotatable bonds is 8. The molecule has 6 aromatic heterocycles. The van der Waals surface area contributed by atoms with E-state index in [2.05, 4.69) is 209 Å². The molecule has 0 amide bonds. The van der Waals surface area contributed by atoms with Gasteiger partial charge in [0.2, 0.25) is 0 Å². The summed E-state index contributed by atoms with van der Waals surface area (Å²) in [5.74, 6) is 0. The summed E-state index contributed by atoms with van der Waals surface area (Å²) in [4.78, 5) is 20.8. The quantitative estimate of drug-likeness (QED) is 0.0855. The van der Waals surface area contributed by atoms with Gasteiger partial charge in [-0.1, -0.05) is 285 Å². The molecule has 0 fully saturated rings. The number of pyridine rings is 4. The van der Waals surface area contributed by atoms with E-state index < -0.39 is 14.3 Å². The van der Waals surface area contributed by atoms with Crippen LogP contribution in [0.25, 0.3) is 153 Å². The smallest absolute Gasteiger partial charge is 0.172 e. The Bertz CT molecular complexity index is 7000. The molecule has 0 saturated heterocycles. The van der Waals surface area contributed by atoms with Gasteiger partial charge >= 0.3 is 0 Å². The van der Waals surface area contributed by atoms with Crippen LogP contribution in [0, 0.1) is 0 Å². The van der Waals surface area contributed by atoms with E-state index in [4.69, 9.17) is 19.9 Å². The lowest BCUT2D eigenvalue weighted by molar-refractivity contribution is 0.592. The van der Waals surface area contributed by atoms with Crippen molar-refractivity contribution in [1.29, 1.82) is 0 Å². The highest BCUT2D eigenvalue weighted by atomic mass is 31.2. The lowest BCUT2D eigenvalue weighted by Gasteiger charge is -2.25. The second kappa shape index (κ2) is 23.5. The summed E-state index contributed by atoms with van der Waals surface area (Å²) < 4.78 is 36.2. The number of aromatic nitrogens is 6. The molecular weight excluding hydrogens is 1280 g/mol. The third-order valence-corrected chi connectivity index (χ3v) is 26.9. The molecule has 102 heavy (non-hydrogen) atoms. The topological polar surface area (TPSA) is 94.5 Å². The molecule has 0 atom stereocenters. The summed E-state index contributed by atoms with van der Waals surface area (Å²) in [6, 6.07) is 120. The first-order valence-electron chi connectivity index (χ1n) is 34.3. The van der Waals surface area contributed by atoms with Crippen molar-refractivity contribution in [2.24, 2.45) is 0 Å². The molecule has 0 spiro atoms. The molecule has 0 aliphatic rings. The van der Waals surface area contributed by atoms with Crippen molar-refractivity contribution in [3.63, 3.8) is 0 Å². The van der Waals surface area contributed by atoms with Crippen molar-refractivity contribution in [1.82, 2.24) is 28.7 Å². The van der Waals surface area contributed by atoms with E-state index in [9.17, 15) is 0 Å². The number of fused-ring (bicyclic) bond motifs is 21. The molecule has 478 valence electrons. The standard InChI is InChI=1S/C48H30N3OP.C44H28N3OP/c52-53(33-16-3-1-4-17-33,34-18-5-2-6-19-34)47-37-22-10-8-20-35(37)45(36-21-9-11-23-38(36)47)32-27-28-39-44(30-32)51-43-26-14-13-25-42(43)50-48(51)40-29-31-15-7-12-24-41(31)49-46(39)40;48-49(31-14-3-1-4-15-31,32-16-5-2-6-17-32)42-26-25-33(34-18-8-9-19-35(34)42)29-23-24-36-41(28-29)47-40-22-12-11-21-39(40)46-44(47)37-27-30-13-7-10-20-38(30)45-43(36)37/h1-30H;1-28H. The van der Waals surface area contributed by atoms with E-state index in [1.807, 2.05) is 152 Å². The molecular formula is C92H58N6O2P2. The first-order chi connectivity index (χ1) is 50.4. The highest BCUT2D eigenvalue weighted by Crippen LogP contribution is 2.51. The summed E-state index contributed by atoms with van der Waals surface area (Å²) in [5.41, 5.74) is 16.0. The fourth-order valence-corrected chi connectivity index (χ4v) is 21.9. The van der Waals surface area contributed by atoms with E-state index in [0.29, 0.717) is 0 Å². The van der Waals surface area contributed by atoms with E-state index in [1.54, 1.807) is 0 Å². The second-order valence-corrected chi connectivity index (χ2v) is 31.6. The Labute approximate surface area is 585 Å². The summed E-state index contributed by atoms with van der Waals surface area (Å²) >= 11 is 0. The Balaban J connectivity index is 0.000000137. The number of para-hydroxylation sites is 6. The van der Waals surface area contributed by atoms with Crippen molar-refractivity contribution in [2.75, 3.05) is 0 Å². The zero-order chi connectivity index (χ0) is 67.6. The first kappa shape index (κ1) is 59.4. The molecule has 21 rings (SSSR count). The number of nitrogens with zero attached hydrogens (tertiary/aromatic N) is 6. The van der Waals surface area contributed by atoms with Gasteiger partial charge in [0.15, 0.2) is 14.3 Å². The van der Waals surface area contributed by atoms with Crippen LogP contribution in [0.2, 0.25) is 0 Å². The minimum absolute atomic E-state index is 0.821. The van der Waals surface area contributed by atoms with Crippen LogP contribution >= 0.6 is 14.3 Å². The molecule has 0 aliphatic heterocycles. The average molecular weight is 1340 g/mol. The van der Waals surface area contributed by atoms with Crippen LogP contribution < -0.4 is 31.8 Å². The van der Waals surface area contributed by atoms with Crippen LogP contribution in [0.5, 0.6) is 0 Å². The van der Waals surface area contributed by atoms with Gasteiger partial charge < -0.3 is 9.13 Å². The molecule has 8 nitrogen and oxygen atoms in total. The molecule has 6 heterocycles. The van der Waals surface area contributed by atoms with Crippen molar-refractivity contribution < 1.29 is 9.13 Å². The number of imidazole rings is 2. The number of hydrogen-bond donors (Lipinski definition) is 0. The first-order valence-corrected chi connectivity index (χ1v) is 37.7. The Morgan fingerprint density at radius 1 is 0.245 bits per heavy atom. The molecule has 0 saturated carbocycles. The van der Waals surface area contributed by atoms with Gasteiger partial charge in [0.05, 0.1) is 55.2 Å². The molecule has 0 bridgehead atoms. The monoisotopic (exact) mass is 1340 g/mol. The zero-order valence-corrected chi connectivity index (χ0v) is 56.7. The fourth-order valence-electron chi connectivity index (χ4n) is 16.0. The largest absolute Gasteiger partial charge is 0.309 e. The van der Waals surface area contributed by atoms with Gasteiger partial charge in [-0.15, -0.1) is 0 Å².